The Kier molecular flexibility index (Phi) is 6.11. The fourth-order valence-corrected chi connectivity index (χ4v) is 9.11. The van der Waals surface area contributed by atoms with Crippen LogP contribution in [0.5, 0.6) is 0 Å². The lowest BCUT2D eigenvalue weighted by Gasteiger charge is -2.60. The van der Waals surface area contributed by atoms with Gasteiger partial charge in [0.1, 0.15) is 6.61 Å². The average molecular weight is 483 g/mol. The highest BCUT2D eigenvalue weighted by Crippen LogP contribution is 2.66. The second kappa shape index (κ2) is 9.02. The summed E-state index contributed by atoms with van der Waals surface area (Å²) in [5.74, 6) is 2.61. The molecule has 1 amide bonds. The third kappa shape index (κ3) is 4.09. The van der Waals surface area contributed by atoms with Crippen LogP contribution in [0.2, 0.25) is 0 Å². The molecule has 0 aromatic heterocycles. The highest BCUT2D eigenvalue weighted by atomic mass is 16.5. The zero-order valence-corrected chi connectivity index (χ0v) is 21.5. The lowest BCUT2D eigenvalue weighted by Crippen LogP contribution is -2.54. The Morgan fingerprint density at radius 1 is 1.14 bits per heavy atom. The number of rotatable bonds is 4. The maximum absolute atomic E-state index is 12.7. The zero-order valence-electron chi connectivity index (χ0n) is 21.5. The van der Waals surface area contributed by atoms with Crippen LogP contribution in [-0.4, -0.2) is 62.3 Å². The number of cyclic esters (lactones) is 1. The predicted molar refractivity (Wildman–Crippen MR) is 133 cm³/mol. The van der Waals surface area contributed by atoms with Crippen LogP contribution in [0.25, 0.3) is 0 Å². The van der Waals surface area contributed by atoms with Gasteiger partial charge in [-0.25, -0.2) is 4.79 Å². The van der Waals surface area contributed by atoms with Crippen LogP contribution in [-0.2, 0) is 19.1 Å². The number of nitrogens with zero attached hydrogens (tertiary/aromatic N) is 1. The summed E-state index contributed by atoms with van der Waals surface area (Å²) >= 11 is 0. The van der Waals surface area contributed by atoms with Gasteiger partial charge in [0.05, 0.1) is 19.8 Å². The van der Waals surface area contributed by atoms with Gasteiger partial charge in [-0.1, -0.05) is 25.5 Å². The second-order valence-electron chi connectivity index (χ2n) is 12.7. The van der Waals surface area contributed by atoms with Gasteiger partial charge in [0.15, 0.2) is 0 Å². The van der Waals surface area contributed by atoms with E-state index in [1.165, 1.54) is 37.7 Å². The molecule has 6 heteroatoms. The molecule has 0 aromatic carbocycles. The van der Waals surface area contributed by atoms with Crippen LogP contribution in [0.3, 0.4) is 0 Å². The molecule has 0 unspecified atom stereocenters. The summed E-state index contributed by atoms with van der Waals surface area (Å²) in [5, 5.41) is 3.39. The molecule has 2 heterocycles. The van der Waals surface area contributed by atoms with Crippen LogP contribution in [0.4, 0.5) is 0 Å². The quantitative estimate of drug-likeness (QED) is 0.487. The standard InChI is InChI=1S/C29H42N2O4/c1-28-9-7-21(30-26(32)17-31-11-13-34-14-12-31)16-20(28)3-4-22-24-6-5-23(19-15-27(33)35-18-19)29(24,2)10-8-25(22)28/h6,15,20-23,25H,3-5,7-14,16-18H2,1-2H3,(H,30,32)/t20-,21+,22+,23-,25+,28+,29-/m1/s1. The Hall–Kier alpha value is -1.66. The van der Waals surface area contributed by atoms with Crippen molar-refractivity contribution in [3.63, 3.8) is 0 Å². The molecule has 1 N–H and O–H groups in total. The minimum absolute atomic E-state index is 0.160. The first-order chi connectivity index (χ1) is 16.9. The van der Waals surface area contributed by atoms with E-state index in [0.717, 1.165) is 51.5 Å². The van der Waals surface area contributed by atoms with E-state index in [-0.39, 0.29) is 17.3 Å². The molecule has 1 saturated heterocycles. The highest BCUT2D eigenvalue weighted by Gasteiger charge is 2.58. The van der Waals surface area contributed by atoms with Crippen molar-refractivity contribution < 1.29 is 19.1 Å². The number of carbonyl (C=O) groups is 2. The highest BCUT2D eigenvalue weighted by molar-refractivity contribution is 5.85. The number of amides is 1. The smallest absolute Gasteiger partial charge is 0.331 e. The van der Waals surface area contributed by atoms with E-state index in [0.29, 0.717) is 42.4 Å². The third-order valence-electron chi connectivity index (χ3n) is 11.0. The molecular formula is C29H42N2O4. The lowest BCUT2D eigenvalue weighted by molar-refractivity contribution is -0.135. The number of nitrogens with one attached hydrogen (secondary N) is 1. The van der Waals surface area contributed by atoms with E-state index in [9.17, 15) is 9.59 Å². The van der Waals surface area contributed by atoms with Gasteiger partial charge in [0.2, 0.25) is 5.91 Å². The summed E-state index contributed by atoms with van der Waals surface area (Å²) in [6.07, 6.45) is 13.9. The average Bonchev–Trinajstić information content (AvgIpc) is 3.42. The zero-order chi connectivity index (χ0) is 24.2. The molecule has 4 aliphatic carbocycles. The number of fused-ring (bicyclic) bond motifs is 5. The molecule has 192 valence electrons. The van der Waals surface area contributed by atoms with Crippen molar-refractivity contribution in [1.29, 1.82) is 0 Å². The molecule has 3 saturated carbocycles. The number of carbonyl (C=O) groups excluding carboxylic acids is 2. The summed E-state index contributed by atoms with van der Waals surface area (Å²) in [4.78, 5) is 26.7. The third-order valence-corrected chi connectivity index (χ3v) is 11.0. The summed E-state index contributed by atoms with van der Waals surface area (Å²) in [5.41, 5.74) is 3.48. The van der Waals surface area contributed by atoms with Crippen molar-refractivity contribution in [2.75, 3.05) is 39.5 Å². The van der Waals surface area contributed by atoms with Crippen LogP contribution in [0.1, 0.15) is 65.2 Å². The summed E-state index contributed by atoms with van der Waals surface area (Å²) in [7, 11) is 0. The van der Waals surface area contributed by atoms with Crippen molar-refractivity contribution >= 4 is 11.9 Å². The van der Waals surface area contributed by atoms with Crippen molar-refractivity contribution in [2.24, 2.45) is 34.5 Å². The summed E-state index contributed by atoms with van der Waals surface area (Å²) < 4.78 is 10.7. The molecule has 6 aliphatic rings. The molecule has 0 radical (unpaired) electrons. The topological polar surface area (TPSA) is 67.9 Å². The number of hydrogen-bond donors (Lipinski definition) is 1. The molecular weight excluding hydrogens is 440 g/mol. The Labute approximate surface area is 209 Å². The number of allylic oxidation sites excluding steroid dienone is 2. The molecule has 0 spiro atoms. The number of hydrogen-bond acceptors (Lipinski definition) is 5. The first kappa shape index (κ1) is 23.7. The van der Waals surface area contributed by atoms with Gasteiger partial charge in [-0.15, -0.1) is 0 Å². The Bertz CT molecular complexity index is 937. The Morgan fingerprint density at radius 2 is 1.97 bits per heavy atom. The van der Waals surface area contributed by atoms with Crippen LogP contribution >= 0.6 is 0 Å². The van der Waals surface area contributed by atoms with E-state index >= 15 is 0 Å². The number of ether oxygens (including phenoxy) is 2. The fourth-order valence-electron chi connectivity index (χ4n) is 9.11. The monoisotopic (exact) mass is 482 g/mol. The van der Waals surface area contributed by atoms with Crippen molar-refractivity contribution in [1.82, 2.24) is 10.2 Å². The molecule has 7 atom stereocenters. The van der Waals surface area contributed by atoms with Crippen molar-refractivity contribution in [2.45, 2.75) is 71.3 Å². The Morgan fingerprint density at radius 3 is 2.74 bits per heavy atom. The molecule has 6 rings (SSSR count). The molecule has 0 bridgehead atoms. The van der Waals surface area contributed by atoms with Gasteiger partial charge >= 0.3 is 5.97 Å². The van der Waals surface area contributed by atoms with Crippen molar-refractivity contribution in [3.05, 3.63) is 23.3 Å². The lowest BCUT2D eigenvalue weighted by atomic mass is 9.45. The largest absolute Gasteiger partial charge is 0.458 e. The second-order valence-corrected chi connectivity index (χ2v) is 12.7. The van der Waals surface area contributed by atoms with Gasteiger partial charge in [-0.2, -0.15) is 0 Å². The molecule has 4 fully saturated rings. The van der Waals surface area contributed by atoms with E-state index in [2.05, 4.69) is 30.1 Å². The molecule has 0 aromatic rings. The van der Waals surface area contributed by atoms with Gasteiger partial charge in [0, 0.05) is 25.2 Å². The predicted octanol–water partition coefficient (Wildman–Crippen LogP) is 3.87. The van der Waals surface area contributed by atoms with E-state index in [1.807, 2.05) is 0 Å². The molecule has 35 heavy (non-hydrogen) atoms. The maximum Gasteiger partial charge on any atom is 0.331 e. The first-order valence-electron chi connectivity index (χ1n) is 14.0. The molecule has 6 nitrogen and oxygen atoms in total. The Balaban J connectivity index is 1.10. The normalized spacial score (nSPS) is 43.4. The van der Waals surface area contributed by atoms with Crippen LogP contribution in [0, 0.1) is 34.5 Å². The summed E-state index contributed by atoms with van der Waals surface area (Å²) in [6.45, 7) is 9.23. The van der Waals surface area contributed by atoms with E-state index in [4.69, 9.17) is 9.47 Å². The van der Waals surface area contributed by atoms with Gasteiger partial charge in [0.25, 0.3) is 0 Å². The first-order valence-corrected chi connectivity index (χ1v) is 14.0. The minimum atomic E-state index is -0.160. The summed E-state index contributed by atoms with van der Waals surface area (Å²) in [6, 6.07) is 0.328. The SMILES string of the molecule is C[C@]12CC[C@H](NC(=O)CN3CCOCC3)C[C@H]1CC[C@H]1C3=CC[C@H](C4=CC(=O)OC4)[C@@]3(C)CC[C@@H]12. The van der Waals surface area contributed by atoms with Crippen molar-refractivity contribution in [3.8, 4) is 0 Å². The van der Waals surface area contributed by atoms with Gasteiger partial charge < -0.3 is 14.8 Å². The number of morpholine rings is 1. The molecule has 2 aliphatic heterocycles. The maximum atomic E-state index is 12.7. The fraction of sp³-hybridized carbons (Fsp3) is 0.793. The van der Waals surface area contributed by atoms with Gasteiger partial charge in [-0.05, 0) is 91.4 Å². The number of esters is 1. The van der Waals surface area contributed by atoms with Crippen LogP contribution in [0.15, 0.2) is 23.3 Å². The van der Waals surface area contributed by atoms with Gasteiger partial charge in [-0.3, -0.25) is 9.69 Å². The van der Waals surface area contributed by atoms with E-state index < -0.39 is 0 Å². The van der Waals surface area contributed by atoms with E-state index in [1.54, 1.807) is 11.6 Å². The minimum Gasteiger partial charge on any atom is -0.458 e. The van der Waals surface area contributed by atoms with Crippen LogP contribution < -0.4 is 5.32 Å².